The average molecular weight is 259 g/mol. The predicted octanol–water partition coefficient (Wildman–Crippen LogP) is 3.23. The molecule has 0 amide bonds. The summed E-state index contributed by atoms with van der Waals surface area (Å²) >= 11 is 0. The van der Waals surface area contributed by atoms with Crippen molar-refractivity contribution >= 4 is 5.78 Å². The van der Waals surface area contributed by atoms with Gasteiger partial charge in [-0.2, -0.15) is 13.2 Å². The lowest BCUT2D eigenvalue weighted by Crippen LogP contribution is -2.27. The van der Waals surface area contributed by atoms with E-state index in [1.165, 1.54) is 0 Å². The van der Waals surface area contributed by atoms with E-state index in [9.17, 15) is 18.0 Å². The molecule has 18 heavy (non-hydrogen) atoms. The SMILES string of the molecule is CC(C(=O)CCC(F)(F)F)C(N)c1ccccc1. The van der Waals surface area contributed by atoms with Gasteiger partial charge >= 0.3 is 6.18 Å². The molecule has 0 aromatic heterocycles. The fourth-order valence-electron chi connectivity index (χ4n) is 1.66. The summed E-state index contributed by atoms with van der Waals surface area (Å²) in [7, 11) is 0. The van der Waals surface area contributed by atoms with Crippen molar-refractivity contribution in [3.8, 4) is 0 Å². The molecule has 2 unspecified atom stereocenters. The summed E-state index contributed by atoms with van der Waals surface area (Å²) < 4.78 is 36.1. The van der Waals surface area contributed by atoms with E-state index in [1.54, 1.807) is 31.2 Å². The zero-order valence-electron chi connectivity index (χ0n) is 10.1. The van der Waals surface area contributed by atoms with Gasteiger partial charge in [-0.05, 0) is 5.56 Å². The van der Waals surface area contributed by atoms with Crippen molar-refractivity contribution < 1.29 is 18.0 Å². The van der Waals surface area contributed by atoms with Crippen molar-refractivity contribution in [3.63, 3.8) is 0 Å². The lowest BCUT2D eigenvalue weighted by molar-refractivity contribution is -0.144. The second kappa shape index (κ2) is 6.00. The van der Waals surface area contributed by atoms with Crippen LogP contribution in [-0.2, 0) is 4.79 Å². The molecule has 100 valence electrons. The number of ketones is 1. The van der Waals surface area contributed by atoms with Crippen LogP contribution in [0.15, 0.2) is 30.3 Å². The zero-order valence-corrected chi connectivity index (χ0v) is 10.1. The standard InChI is InChI=1S/C13H16F3NO/c1-9(11(18)7-8-13(14,15)16)12(17)10-5-3-2-4-6-10/h2-6,9,12H,7-8,17H2,1H3. The second-order valence-corrected chi connectivity index (χ2v) is 4.31. The summed E-state index contributed by atoms with van der Waals surface area (Å²) in [6.45, 7) is 1.57. The minimum Gasteiger partial charge on any atom is -0.323 e. The smallest absolute Gasteiger partial charge is 0.323 e. The molecule has 2 nitrogen and oxygen atoms in total. The first kappa shape index (κ1) is 14.7. The van der Waals surface area contributed by atoms with Gasteiger partial charge < -0.3 is 5.73 Å². The lowest BCUT2D eigenvalue weighted by Gasteiger charge is -2.19. The van der Waals surface area contributed by atoms with E-state index >= 15 is 0 Å². The molecule has 0 saturated heterocycles. The Balaban J connectivity index is 2.59. The Bertz CT molecular complexity index is 389. The number of rotatable bonds is 5. The van der Waals surface area contributed by atoms with Crippen LogP contribution in [0.4, 0.5) is 13.2 Å². The van der Waals surface area contributed by atoms with Crippen LogP contribution in [0.5, 0.6) is 0 Å². The third-order valence-electron chi connectivity index (χ3n) is 2.89. The Morgan fingerprint density at radius 3 is 2.33 bits per heavy atom. The Morgan fingerprint density at radius 1 is 1.28 bits per heavy atom. The van der Waals surface area contributed by atoms with Crippen molar-refractivity contribution in [3.05, 3.63) is 35.9 Å². The normalized spacial score (nSPS) is 15.2. The summed E-state index contributed by atoms with van der Waals surface area (Å²) in [6.07, 6.45) is -5.89. The molecule has 0 spiro atoms. The molecule has 0 heterocycles. The van der Waals surface area contributed by atoms with Crippen molar-refractivity contribution in [1.29, 1.82) is 0 Å². The highest BCUT2D eigenvalue weighted by molar-refractivity contribution is 5.81. The second-order valence-electron chi connectivity index (χ2n) is 4.31. The van der Waals surface area contributed by atoms with Crippen molar-refractivity contribution in [1.82, 2.24) is 0 Å². The molecule has 0 fully saturated rings. The third kappa shape index (κ3) is 4.49. The highest BCUT2D eigenvalue weighted by Gasteiger charge is 2.30. The molecule has 0 radical (unpaired) electrons. The molecule has 0 aliphatic heterocycles. The largest absolute Gasteiger partial charge is 0.389 e. The molecule has 2 N–H and O–H groups in total. The van der Waals surface area contributed by atoms with E-state index in [4.69, 9.17) is 5.73 Å². The summed E-state index contributed by atoms with van der Waals surface area (Å²) in [5.74, 6) is -1.07. The fraction of sp³-hybridized carbons (Fsp3) is 0.462. The number of hydrogen-bond acceptors (Lipinski definition) is 2. The number of Topliss-reactive ketones (excluding diaryl/α,β-unsaturated/α-hetero) is 1. The first-order valence-corrected chi connectivity index (χ1v) is 5.71. The van der Waals surface area contributed by atoms with Crippen LogP contribution < -0.4 is 5.73 Å². The monoisotopic (exact) mass is 259 g/mol. The van der Waals surface area contributed by atoms with Gasteiger partial charge in [0, 0.05) is 18.4 Å². The maximum atomic E-state index is 12.0. The number of halogens is 3. The maximum Gasteiger partial charge on any atom is 0.389 e. The third-order valence-corrected chi connectivity index (χ3v) is 2.89. The number of alkyl halides is 3. The topological polar surface area (TPSA) is 43.1 Å². The molecule has 2 atom stereocenters. The number of nitrogens with two attached hydrogens (primary N) is 1. The molecule has 1 aromatic rings. The maximum absolute atomic E-state index is 12.0. The first-order valence-electron chi connectivity index (χ1n) is 5.71. The molecule has 1 aromatic carbocycles. The van der Waals surface area contributed by atoms with E-state index < -0.39 is 36.8 Å². The van der Waals surface area contributed by atoms with Gasteiger partial charge in [-0.15, -0.1) is 0 Å². The van der Waals surface area contributed by atoms with Crippen LogP contribution in [0, 0.1) is 5.92 Å². The zero-order chi connectivity index (χ0) is 13.8. The van der Waals surface area contributed by atoms with E-state index in [2.05, 4.69) is 0 Å². The first-order chi connectivity index (χ1) is 8.31. The molecular formula is C13H16F3NO. The Kier molecular flexibility index (Phi) is 4.90. The van der Waals surface area contributed by atoms with Gasteiger partial charge in [-0.1, -0.05) is 37.3 Å². The molecule has 0 saturated carbocycles. The number of carbonyl (C=O) groups excluding carboxylic acids is 1. The van der Waals surface area contributed by atoms with Crippen LogP contribution in [0.2, 0.25) is 0 Å². The number of benzene rings is 1. The molecule has 0 bridgehead atoms. The minimum absolute atomic E-state index is 0.455. The van der Waals surface area contributed by atoms with E-state index in [0.29, 0.717) is 0 Å². The Hall–Kier alpha value is -1.36. The fourth-order valence-corrected chi connectivity index (χ4v) is 1.66. The molecule has 1 rings (SSSR count). The number of carbonyl (C=O) groups is 1. The number of hydrogen-bond donors (Lipinski definition) is 1. The van der Waals surface area contributed by atoms with Gasteiger partial charge in [0.1, 0.15) is 5.78 Å². The van der Waals surface area contributed by atoms with Gasteiger partial charge in [0.25, 0.3) is 0 Å². The quantitative estimate of drug-likeness (QED) is 0.882. The van der Waals surface area contributed by atoms with Crippen LogP contribution in [0.25, 0.3) is 0 Å². The van der Waals surface area contributed by atoms with Gasteiger partial charge in [-0.25, -0.2) is 0 Å². The Morgan fingerprint density at radius 2 is 1.83 bits per heavy atom. The van der Waals surface area contributed by atoms with Crippen LogP contribution in [0.3, 0.4) is 0 Å². The summed E-state index contributed by atoms with van der Waals surface area (Å²) in [4.78, 5) is 11.6. The predicted molar refractivity (Wildman–Crippen MR) is 62.8 cm³/mol. The molecule has 5 heteroatoms. The van der Waals surface area contributed by atoms with Crippen molar-refractivity contribution in [2.24, 2.45) is 11.7 Å². The van der Waals surface area contributed by atoms with Gasteiger partial charge in [0.05, 0.1) is 6.42 Å². The summed E-state index contributed by atoms with van der Waals surface area (Å²) in [5.41, 5.74) is 6.63. The highest BCUT2D eigenvalue weighted by atomic mass is 19.4. The van der Waals surface area contributed by atoms with E-state index in [0.717, 1.165) is 5.56 Å². The molecule has 0 aliphatic rings. The van der Waals surface area contributed by atoms with Gasteiger partial charge in [0.15, 0.2) is 0 Å². The van der Waals surface area contributed by atoms with Gasteiger partial charge in [0.2, 0.25) is 0 Å². The van der Waals surface area contributed by atoms with Crippen molar-refractivity contribution in [2.45, 2.75) is 32.0 Å². The van der Waals surface area contributed by atoms with Crippen LogP contribution in [-0.4, -0.2) is 12.0 Å². The van der Waals surface area contributed by atoms with Crippen LogP contribution in [0.1, 0.15) is 31.4 Å². The average Bonchev–Trinajstić information content (AvgIpc) is 2.34. The molecular weight excluding hydrogens is 243 g/mol. The summed E-state index contributed by atoms with van der Waals surface area (Å²) in [5, 5.41) is 0. The Labute approximate surface area is 104 Å². The molecule has 0 aliphatic carbocycles. The van der Waals surface area contributed by atoms with Crippen LogP contribution >= 0.6 is 0 Å². The van der Waals surface area contributed by atoms with E-state index in [-0.39, 0.29) is 0 Å². The van der Waals surface area contributed by atoms with Gasteiger partial charge in [-0.3, -0.25) is 4.79 Å². The summed E-state index contributed by atoms with van der Waals surface area (Å²) in [6, 6.07) is 8.33. The van der Waals surface area contributed by atoms with Crippen molar-refractivity contribution in [2.75, 3.05) is 0 Å². The lowest BCUT2D eigenvalue weighted by atomic mass is 9.90. The van der Waals surface area contributed by atoms with E-state index in [1.807, 2.05) is 6.07 Å². The minimum atomic E-state index is -4.30. The highest BCUT2D eigenvalue weighted by Crippen LogP contribution is 2.25.